The Bertz CT molecular complexity index is 305. The lowest BCUT2D eigenvalue weighted by Crippen LogP contribution is -2.49. The van der Waals surface area contributed by atoms with Crippen molar-refractivity contribution in [3.63, 3.8) is 0 Å². The lowest BCUT2D eigenvalue weighted by Gasteiger charge is -2.36. The molecule has 1 saturated heterocycles. The summed E-state index contributed by atoms with van der Waals surface area (Å²) in [5.41, 5.74) is 1.35. The van der Waals surface area contributed by atoms with Crippen molar-refractivity contribution in [2.24, 2.45) is 0 Å². The molecule has 1 N–H and O–H groups in total. The highest BCUT2D eigenvalue weighted by atomic mass is 16.3. The van der Waals surface area contributed by atoms with Crippen molar-refractivity contribution in [2.75, 3.05) is 26.2 Å². The smallest absolute Gasteiger partial charge is 0.107 e. The van der Waals surface area contributed by atoms with E-state index in [1.165, 1.54) is 5.56 Å². The van der Waals surface area contributed by atoms with Crippen LogP contribution in [-0.4, -0.2) is 47.3 Å². The molecule has 0 spiro atoms. The van der Waals surface area contributed by atoms with Gasteiger partial charge in [-0.3, -0.25) is 9.80 Å². The van der Waals surface area contributed by atoms with E-state index in [-0.39, 0.29) is 0 Å². The molecule has 1 aromatic rings. The molecular weight excluding hydrogens is 200 g/mol. The summed E-state index contributed by atoms with van der Waals surface area (Å²) in [5.74, 6) is 0. The molecule has 1 unspecified atom stereocenters. The fourth-order valence-electron chi connectivity index (χ4n) is 2.06. The highest BCUT2D eigenvalue weighted by molar-refractivity contribution is 5.14. The maximum absolute atomic E-state index is 9.35. The SMILES string of the molecule is [CH2]C(O)N1CCN(Cc2ccccc2)CC1. The molecule has 1 aliphatic rings. The van der Waals surface area contributed by atoms with E-state index in [9.17, 15) is 5.11 Å². The van der Waals surface area contributed by atoms with E-state index in [0.717, 1.165) is 32.7 Å². The standard InChI is InChI=1S/C13H19N2O/c1-12(16)15-9-7-14(8-10-15)11-13-5-3-2-4-6-13/h2-6,12,16H,1,7-11H2. The van der Waals surface area contributed by atoms with Crippen LogP contribution in [0.4, 0.5) is 0 Å². The second-order valence-electron chi connectivity index (χ2n) is 4.28. The van der Waals surface area contributed by atoms with Gasteiger partial charge in [0.25, 0.3) is 0 Å². The van der Waals surface area contributed by atoms with Gasteiger partial charge in [0.05, 0.1) is 0 Å². The first-order chi connectivity index (χ1) is 7.75. The van der Waals surface area contributed by atoms with Crippen molar-refractivity contribution >= 4 is 0 Å². The van der Waals surface area contributed by atoms with Gasteiger partial charge in [-0.15, -0.1) is 0 Å². The van der Waals surface area contributed by atoms with Crippen molar-refractivity contribution in [1.82, 2.24) is 9.80 Å². The first-order valence-electron chi connectivity index (χ1n) is 5.77. The van der Waals surface area contributed by atoms with Gasteiger partial charge >= 0.3 is 0 Å². The Labute approximate surface area is 97.3 Å². The number of piperazine rings is 1. The molecular formula is C13H19N2O. The van der Waals surface area contributed by atoms with E-state index >= 15 is 0 Å². The molecule has 1 aliphatic heterocycles. The average molecular weight is 219 g/mol. The van der Waals surface area contributed by atoms with Gasteiger partial charge in [-0.2, -0.15) is 0 Å². The van der Waals surface area contributed by atoms with Gasteiger partial charge in [0.15, 0.2) is 0 Å². The third kappa shape index (κ3) is 3.04. The van der Waals surface area contributed by atoms with Gasteiger partial charge in [-0.25, -0.2) is 0 Å². The van der Waals surface area contributed by atoms with E-state index in [2.05, 4.69) is 36.1 Å². The van der Waals surface area contributed by atoms with E-state index in [0.29, 0.717) is 0 Å². The van der Waals surface area contributed by atoms with Gasteiger partial charge in [-0.05, 0) is 12.5 Å². The maximum atomic E-state index is 9.35. The minimum Gasteiger partial charge on any atom is -0.378 e. The highest BCUT2D eigenvalue weighted by Crippen LogP contribution is 2.09. The Kier molecular flexibility index (Phi) is 3.93. The highest BCUT2D eigenvalue weighted by Gasteiger charge is 2.19. The molecule has 1 aromatic carbocycles. The van der Waals surface area contributed by atoms with Crippen LogP contribution in [0.3, 0.4) is 0 Å². The predicted molar refractivity (Wildman–Crippen MR) is 64.7 cm³/mol. The number of benzene rings is 1. The monoisotopic (exact) mass is 219 g/mol. The molecule has 0 aromatic heterocycles. The molecule has 0 saturated carbocycles. The van der Waals surface area contributed by atoms with Crippen LogP contribution in [0.2, 0.25) is 0 Å². The summed E-state index contributed by atoms with van der Waals surface area (Å²) < 4.78 is 0. The largest absolute Gasteiger partial charge is 0.378 e. The van der Waals surface area contributed by atoms with Gasteiger partial charge in [0.1, 0.15) is 6.23 Å². The molecule has 1 fully saturated rings. The zero-order valence-electron chi connectivity index (χ0n) is 9.55. The predicted octanol–water partition coefficient (Wildman–Crippen LogP) is 0.957. The summed E-state index contributed by atoms with van der Waals surface area (Å²) in [6, 6.07) is 10.5. The van der Waals surface area contributed by atoms with E-state index in [1.54, 1.807) is 0 Å². The van der Waals surface area contributed by atoms with Gasteiger partial charge < -0.3 is 5.11 Å². The summed E-state index contributed by atoms with van der Waals surface area (Å²) in [6.45, 7) is 8.44. The second-order valence-corrected chi connectivity index (χ2v) is 4.28. The van der Waals surface area contributed by atoms with Crippen molar-refractivity contribution in [2.45, 2.75) is 12.8 Å². The van der Waals surface area contributed by atoms with Crippen LogP contribution < -0.4 is 0 Å². The molecule has 87 valence electrons. The van der Waals surface area contributed by atoms with Crippen molar-refractivity contribution in [1.29, 1.82) is 0 Å². The minimum atomic E-state index is -0.557. The lowest BCUT2D eigenvalue weighted by atomic mass is 10.2. The molecule has 3 heteroatoms. The molecule has 0 bridgehead atoms. The zero-order valence-corrected chi connectivity index (χ0v) is 9.55. The fraction of sp³-hybridized carbons (Fsp3) is 0.462. The first-order valence-corrected chi connectivity index (χ1v) is 5.77. The van der Waals surface area contributed by atoms with Crippen LogP contribution in [0.15, 0.2) is 30.3 Å². The summed E-state index contributed by atoms with van der Waals surface area (Å²) in [6.07, 6.45) is -0.557. The van der Waals surface area contributed by atoms with Gasteiger partial charge in [0.2, 0.25) is 0 Å². The summed E-state index contributed by atoms with van der Waals surface area (Å²) in [7, 11) is 0. The van der Waals surface area contributed by atoms with Gasteiger partial charge in [0, 0.05) is 32.7 Å². The van der Waals surface area contributed by atoms with E-state index in [4.69, 9.17) is 0 Å². The number of hydrogen-bond acceptors (Lipinski definition) is 3. The molecule has 0 aliphatic carbocycles. The average Bonchev–Trinajstić information content (AvgIpc) is 2.31. The Morgan fingerprint density at radius 1 is 1.12 bits per heavy atom. The zero-order chi connectivity index (χ0) is 11.4. The summed E-state index contributed by atoms with van der Waals surface area (Å²) in [4.78, 5) is 4.41. The third-order valence-electron chi connectivity index (χ3n) is 3.08. The molecule has 2 rings (SSSR count). The van der Waals surface area contributed by atoms with E-state index < -0.39 is 6.23 Å². The Morgan fingerprint density at radius 3 is 2.31 bits per heavy atom. The van der Waals surface area contributed by atoms with Crippen LogP contribution in [0.5, 0.6) is 0 Å². The molecule has 1 atom stereocenters. The normalized spacial score (nSPS) is 20.9. The van der Waals surface area contributed by atoms with Gasteiger partial charge in [-0.1, -0.05) is 30.3 Å². The third-order valence-corrected chi connectivity index (χ3v) is 3.08. The Morgan fingerprint density at radius 2 is 1.75 bits per heavy atom. The van der Waals surface area contributed by atoms with Crippen LogP contribution >= 0.6 is 0 Å². The Hall–Kier alpha value is -0.900. The number of nitrogens with zero attached hydrogens (tertiary/aromatic N) is 2. The number of aliphatic hydroxyl groups excluding tert-OH is 1. The molecule has 16 heavy (non-hydrogen) atoms. The number of hydrogen-bond donors (Lipinski definition) is 1. The molecule has 1 radical (unpaired) electrons. The summed E-state index contributed by atoms with van der Waals surface area (Å²) in [5, 5.41) is 9.35. The lowest BCUT2D eigenvalue weighted by molar-refractivity contribution is 0.00205. The van der Waals surface area contributed by atoms with Crippen molar-refractivity contribution in [3.05, 3.63) is 42.8 Å². The van der Waals surface area contributed by atoms with Crippen LogP contribution in [-0.2, 0) is 6.54 Å². The van der Waals surface area contributed by atoms with Crippen LogP contribution in [0, 0.1) is 6.92 Å². The Balaban J connectivity index is 1.82. The topological polar surface area (TPSA) is 26.7 Å². The summed E-state index contributed by atoms with van der Waals surface area (Å²) >= 11 is 0. The van der Waals surface area contributed by atoms with E-state index in [1.807, 2.05) is 11.0 Å². The number of rotatable bonds is 3. The minimum absolute atomic E-state index is 0.557. The van der Waals surface area contributed by atoms with Crippen LogP contribution in [0.1, 0.15) is 5.56 Å². The number of aliphatic hydroxyl groups is 1. The second kappa shape index (κ2) is 5.43. The molecule has 1 heterocycles. The quantitative estimate of drug-likeness (QED) is 0.820. The molecule has 3 nitrogen and oxygen atoms in total. The maximum Gasteiger partial charge on any atom is 0.107 e. The van der Waals surface area contributed by atoms with Crippen molar-refractivity contribution < 1.29 is 5.11 Å². The van der Waals surface area contributed by atoms with Crippen LogP contribution in [0.25, 0.3) is 0 Å². The fourth-order valence-corrected chi connectivity index (χ4v) is 2.06. The molecule has 0 amide bonds. The first kappa shape index (κ1) is 11.6. The van der Waals surface area contributed by atoms with Crippen molar-refractivity contribution in [3.8, 4) is 0 Å².